The number of cyclic esters (lactones) is 1. The van der Waals surface area contributed by atoms with E-state index in [-0.39, 0.29) is 18.1 Å². The summed E-state index contributed by atoms with van der Waals surface area (Å²) >= 11 is 0. The average Bonchev–Trinajstić information content (AvgIpc) is 3.30. The van der Waals surface area contributed by atoms with Crippen LogP contribution < -0.4 is 10.2 Å². The molecule has 2 fully saturated rings. The lowest BCUT2D eigenvalue weighted by molar-refractivity contribution is 0.177. The number of hydrogen-bond acceptors (Lipinski definition) is 6. The summed E-state index contributed by atoms with van der Waals surface area (Å²) in [5.74, 6) is 1.45. The predicted octanol–water partition coefficient (Wildman–Crippen LogP) is 3.45. The Morgan fingerprint density at radius 3 is 2.79 bits per heavy atom. The van der Waals surface area contributed by atoms with E-state index in [9.17, 15) is 4.79 Å². The van der Waals surface area contributed by atoms with Crippen molar-refractivity contribution in [2.24, 2.45) is 5.92 Å². The topological polar surface area (TPSA) is 70.6 Å². The van der Waals surface area contributed by atoms with Crippen LogP contribution in [0.15, 0.2) is 36.5 Å². The molecule has 3 heterocycles. The monoisotopic (exact) mass is 395 g/mol. The van der Waals surface area contributed by atoms with Gasteiger partial charge in [0.25, 0.3) is 0 Å². The van der Waals surface area contributed by atoms with Crippen molar-refractivity contribution in [3.05, 3.63) is 47.7 Å². The zero-order chi connectivity index (χ0) is 20.4. The number of nitrogens with one attached hydrogen (secondary N) is 1. The van der Waals surface area contributed by atoms with Gasteiger partial charge in [-0.3, -0.25) is 9.80 Å². The van der Waals surface area contributed by atoms with Gasteiger partial charge in [0, 0.05) is 31.9 Å². The van der Waals surface area contributed by atoms with E-state index in [2.05, 4.69) is 65.2 Å². The minimum absolute atomic E-state index is 0.00160. The lowest BCUT2D eigenvalue weighted by Gasteiger charge is -2.23. The number of hydrogen-bond donors (Lipinski definition) is 1. The highest BCUT2D eigenvalue weighted by Gasteiger charge is 2.37. The zero-order valence-corrected chi connectivity index (χ0v) is 17.3. The van der Waals surface area contributed by atoms with E-state index < -0.39 is 0 Å². The summed E-state index contributed by atoms with van der Waals surface area (Å²) in [5.41, 5.74) is 2.62. The van der Waals surface area contributed by atoms with E-state index in [0.29, 0.717) is 24.4 Å². The van der Waals surface area contributed by atoms with Gasteiger partial charge in [-0.2, -0.15) is 4.98 Å². The molecule has 2 aromatic rings. The van der Waals surface area contributed by atoms with Gasteiger partial charge < -0.3 is 10.1 Å². The van der Waals surface area contributed by atoms with Gasteiger partial charge >= 0.3 is 6.09 Å². The first-order valence-electron chi connectivity index (χ1n) is 10.3. The maximum atomic E-state index is 12.2. The molecule has 1 aromatic carbocycles. The first kappa shape index (κ1) is 19.6. The number of ether oxygens (including phenoxy) is 1. The molecule has 2 aliphatic rings. The zero-order valence-electron chi connectivity index (χ0n) is 17.3. The van der Waals surface area contributed by atoms with E-state index in [4.69, 9.17) is 4.74 Å². The predicted molar refractivity (Wildman–Crippen MR) is 113 cm³/mol. The highest BCUT2D eigenvalue weighted by atomic mass is 16.6. The molecular formula is C22H29N5O2. The summed E-state index contributed by atoms with van der Waals surface area (Å²) in [7, 11) is 0. The van der Waals surface area contributed by atoms with Crippen molar-refractivity contribution >= 4 is 17.9 Å². The summed E-state index contributed by atoms with van der Waals surface area (Å²) in [6, 6.07) is 10.8. The van der Waals surface area contributed by atoms with Gasteiger partial charge in [-0.05, 0) is 30.9 Å². The second kappa shape index (κ2) is 8.37. The number of amides is 1. The Labute approximate surface area is 172 Å². The second-order valence-electron chi connectivity index (χ2n) is 8.35. The smallest absolute Gasteiger partial charge is 0.415 e. The van der Waals surface area contributed by atoms with Crippen LogP contribution in [0.3, 0.4) is 0 Å². The van der Waals surface area contributed by atoms with E-state index in [1.165, 1.54) is 11.1 Å². The molecule has 7 heteroatoms. The van der Waals surface area contributed by atoms with Crippen LogP contribution in [0, 0.1) is 12.8 Å². The average molecular weight is 396 g/mol. The number of aromatic nitrogens is 2. The molecule has 154 valence electrons. The van der Waals surface area contributed by atoms with Crippen LogP contribution in [0.1, 0.15) is 31.4 Å². The van der Waals surface area contributed by atoms with Crippen molar-refractivity contribution in [2.45, 2.75) is 45.8 Å². The van der Waals surface area contributed by atoms with E-state index in [0.717, 1.165) is 26.1 Å². The maximum absolute atomic E-state index is 12.2. The number of rotatable bonds is 6. The summed E-state index contributed by atoms with van der Waals surface area (Å²) in [6.07, 6.45) is 2.41. The first-order valence-corrected chi connectivity index (χ1v) is 10.3. The Morgan fingerprint density at radius 1 is 1.24 bits per heavy atom. The van der Waals surface area contributed by atoms with Crippen molar-refractivity contribution in [1.29, 1.82) is 0 Å². The number of nitrogens with zero attached hydrogens (tertiary/aromatic N) is 4. The van der Waals surface area contributed by atoms with E-state index in [1.54, 1.807) is 17.2 Å². The standard InChI is InChI=1S/C22H29N5O2/c1-15(2)19-14-29-22(28)27(19)20-8-10-23-21(25-20)24-18-9-11-26(13-18)12-17-6-4-16(3)5-7-17/h4-8,10,15,18-19H,9,11-14H2,1-3H3,(H,23,24,25)/t18?,19-/m1/s1. The number of aryl methyl sites for hydroxylation is 1. The Bertz CT molecular complexity index is 855. The van der Waals surface area contributed by atoms with Crippen LogP contribution in [0.25, 0.3) is 0 Å². The SMILES string of the molecule is Cc1ccc(CN2CCC(Nc3nccc(N4C(=O)OC[C@@H]4C(C)C)n3)C2)cc1. The molecule has 29 heavy (non-hydrogen) atoms. The molecule has 1 unspecified atom stereocenters. The lowest BCUT2D eigenvalue weighted by atomic mass is 10.0. The van der Waals surface area contributed by atoms with Gasteiger partial charge in [0.2, 0.25) is 5.95 Å². The summed E-state index contributed by atoms with van der Waals surface area (Å²) in [5, 5.41) is 3.45. The second-order valence-corrected chi connectivity index (χ2v) is 8.35. The number of carbonyl (C=O) groups excluding carboxylic acids is 1. The molecule has 1 N–H and O–H groups in total. The Kier molecular flexibility index (Phi) is 5.67. The van der Waals surface area contributed by atoms with Gasteiger partial charge in [-0.25, -0.2) is 9.78 Å². The third kappa shape index (κ3) is 4.50. The fourth-order valence-corrected chi connectivity index (χ4v) is 3.97. The van der Waals surface area contributed by atoms with Gasteiger partial charge in [0.1, 0.15) is 12.4 Å². The number of likely N-dealkylation sites (tertiary alicyclic amines) is 1. The lowest BCUT2D eigenvalue weighted by Crippen LogP contribution is -2.38. The molecule has 0 spiro atoms. The number of benzene rings is 1. The van der Waals surface area contributed by atoms with Crippen LogP contribution in [0.2, 0.25) is 0 Å². The van der Waals surface area contributed by atoms with Crippen molar-refractivity contribution in [1.82, 2.24) is 14.9 Å². The first-order chi connectivity index (χ1) is 14.0. The van der Waals surface area contributed by atoms with E-state index >= 15 is 0 Å². The Morgan fingerprint density at radius 2 is 2.03 bits per heavy atom. The third-order valence-electron chi connectivity index (χ3n) is 5.70. The molecule has 0 bridgehead atoms. The van der Waals surface area contributed by atoms with E-state index in [1.807, 2.05) is 0 Å². The van der Waals surface area contributed by atoms with Gasteiger partial charge in [-0.1, -0.05) is 43.7 Å². The van der Waals surface area contributed by atoms with Crippen molar-refractivity contribution < 1.29 is 9.53 Å². The fraction of sp³-hybridized carbons (Fsp3) is 0.500. The van der Waals surface area contributed by atoms with Crippen LogP contribution in [-0.2, 0) is 11.3 Å². The minimum Gasteiger partial charge on any atom is -0.447 e. The molecule has 1 aromatic heterocycles. The minimum atomic E-state index is -0.335. The molecule has 1 amide bonds. The summed E-state index contributed by atoms with van der Waals surface area (Å²) in [6.45, 7) is 9.62. The molecule has 2 aliphatic heterocycles. The molecule has 0 saturated carbocycles. The quantitative estimate of drug-likeness (QED) is 0.808. The van der Waals surface area contributed by atoms with Crippen LogP contribution >= 0.6 is 0 Å². The van der Waals surface area contributed by atoms with Crippen LogP contribution in [-0.4, -0.2) is 52.7 Å². The molecule has 2 atom stereocenters. The highest BCUT2D eigenvalue weighted by molar-refractivity contribution is 5.89. The maximum Gasteiger partial charge on any atom is 0.415 e. The number of carbonyl (C=O) groups is 1. The third-order valence-corrected chi connectivity index (χ3v) is 5.70. The van der Waals surface area contributed by atoms with Crippen LogP contribution in [0.4, 0.5) is 16.6 Å². The Balaban J connectivity index is 1.38. The van der Waals surface area contributed by atoms with Crippen LogP contribution in [0.5, 0.6) is 0 Å². The van der Waals surface area contributed by atoms with Gasteiger partial charge in [-0.15, -0.1) is 0 Å². The van der Waals surface area contributed by atoms with Gasteiger partial charge in [0.15, 0.2) is 0 Å². The van der Waals surface area contributed by atoms with Crippen molar-refractivity contribution in [3.63, 3.8) is 0 Å². The Hall–Kier alpha value is -2.67. The molecule has 7 nitrogen and oxygen atoms in total. The molecule has 4 rings (SSSR count). The molecule has 2 saturated heterocycles. The highest BCUT2D eigenvalue weighted by Crippen LogP contribution is 2.26. The molecule has 0 radical (unpaired) electrons. The van der Waals surface area contributed by atoms with Gasteiger partial charge in [0.05, 0.1) is 6.04 Å². The van der Waals surface area contributed by atoms with Crippen molar-refractivity contribution in [3.8, 4) is 0 Å². The summed E-state index contributed by atoms with van der Waals surface area (Å²) in [4.78, 5) is 25.3. The largest absolute Gasteiger partial charge is 0.447 e. The van der Waals surface area contributed by atoms with Crippen molar-refractivity contribution in [2.75, 3.05) is 29.9 Å². The fourth-order valence-electron chi connectivity index (χ4n) is 3.97. The number of anilines is 2. The molecular weight excluding hydrogens is 366 g/mol. The normalized spacial score (nSPS) is 22.3. The summed E-state index contributed by atoms with van der Waals surface area (Å²) < 4.78 is 5.24. The molecule has 0 aliphatic carbocycles.